The van der Waals surface area contributed by atoms with Crippen LogP contribution in [-0.2, 0) is 0 Å². The highest BCUT2D eigenvalue weighted by molar-refractivity contribution is 7.98. The molecule has 1 aromatic carbocycles. The van der Waals surface area contributed by atoms with Gasteiger partial charge in [-0.05, 0) is 18.4 Å². The van der Waals surface area contributed by atoms with E-state index < -0.39 is 0 Å². The van der Waals surface area contributed by atoms with E-state index in [1.165, 1.54) is 0 Å². The third-order valence-corrected chi connectivity index (χ3v) is 3.57. The first kappa shape index (κ1) is 11.3. The molecule has 0 spiro atoms. The number of anilines is 1. The van der Waals surface area contributed by atoms with Crippen LogP contribution in [0, 0.1) is 11.3 Å². The predicted octanol–water partition coefficient (Wildman–Crippen LogP) is 1.69. The lowest BCUT2D eigenvalue weighted by atomic mass is 10.1. The standard InChI is InChI=1S/C12H15N3S/c1-16-12-4-2-3-11(10(12)9-13)15-7-5-14-6-8-15/h2-4,14H,5-8H2,1H3. The monoisotopic (exact) mass is 233 g/mol. The Kier molecular flexibility index (Phi) is 3.70. The number of nitrogens with one attached hydrogen (secondary N) is 1. The lowest BCUT2D eigenvalue weighted by Crippen LogP contribution is -2.43. The second-order valence-electron chi connectivity index (χ2n) is 3.70. The summed E-state index contributed by atoms with van der Waals surface area (Å²) in [7, 11) is 0. The van der Waals surface area contributed by atoms with Gasteiger partial charge in [-0.15, -0.1) is 11.8 Å². The molecule has 1 fully saturated rings. The molecule has 1 saturated heterocycles. The van der Waals surface area contributed by atoms with Crippen LogP contribution in [-0.4, -0.2) is 32.4 Å². The molecule has 84 valence electrons. The Hall–Kier alpha value is -1.18. The maximum absolute atomic E-state index is 9.26. The number of rotatable bonds is 2. The first-order valence-electron chi connectivity index (χ1n) is 5.39. The van der Waals surface area contributed by atoms with Crippen molar-refractivity contribution in [2.75, 3.05) is 37.3 Å². The number of thioether (sulfide) groups is 1. The molecule has 0 bridgehead atoms. The zero-order valence-corrected chi connectivity index (χ0v) is 10.2. The maximum atomic E-state index is 9.26. The van der Waals surface area contributed by atoms with Gasteiger partial charge in [0, 0.05) is 31.1 Å². The third-order valence-electron chi connectivity index (χ3n) is 2.79. The predicted molar refractivity (Wildman–Crippen MR) is 68.0 cm³/mol. The van der Waals surface area contributed by atoms with E-state index in [4.69, 9.17) is 0 Å². The van der Waals surface area contributed by atoms with E-state index >= 15 is 0 Å². The van der Waals surface area contributed by atoms with Crippen LogP contribution in [0.2, 0.25) is 0 Å². The Balaban J connectivity index is 2.35. The van der Waals surface area contributed by atoms with Crippen molar-refractivity contribution >= 4 is 17.4 Å². The largest absolute Gasteiger partial charge is 0.368 e. The number of piperazine rings is 1. The SMILES string of the molecule is CSc1cccc(N2CCNCC2)c1C#N. The van der Waals surface area contributed by atoms with Crippen molar-refractivity contribution in [2.45, 2.75) is 4.90 Å². The minimum atomic E-state index is 0.817. The van der Waals surface area contributed by atoms with Gasteiger partial charge in [-0.25, -0.2) is 0 Å². The molecule has 1 heterocycles. The zero-order valence-electron chi connectivity index (χ0n) is 9.36. The van der Waals surface area contributed by atoms with Crippen LogP contribution in [0.15, 0.2) is 23.1 Å². The number of benzene rings is 1. The van der Waals surface area contributed by atoms with Gasteiger partial charge in [0.05, 0.1) is 11.3 Å². The molecule has 0 amide bonds. The smallest absolute Gasteiger partial charge is 0.103 e. The van der Waals surface area contributed by atoms with Crippen molar-refractivity contribution in [3.8, 4) is 6.07 Å². The van der Waals surface area contributed by atoms with Crippen molar-refractivity contribution in [1.82, 2.24) is 5.32 Å². The molecule has 2 rings (SSSR count). The Bertz CT molecular complexity index is 405. The fourth-order valence-electron chi connectivity index (χ4n) is 1.97. The average molecular weight is 233 g/mol. The van der Waals surface area contributed by atoms with Crippen LogP contribution in [0.25, 0.3) is 0 Å². The molecule has 0 aliphatic carbocycles. The number of nitriles is 1. The number of hydrogen-bond donors (Lipinski definition) is 1. The van der Waals surface area contributed by atoms with E-state index in [2.05, 4.69) is 16.3 Å². The summed E-state index contributed by atoms with van der Waals surface area (Å²) >= 11 is 1.63. The fraction of sp³-hybridized carbons (Fsp3) is 0.417. The molecular weight excluding hydrogens is 218 g/mol. The summed E-state index contributed by atoms with van der Waals surface area (Å²) in [6.07, 6.45) is 2.01. The second kappa shape index (κ2) is 5.24. The molecule has 0 unspecified atom stereocenters. The quantitative estimate of drug-likeness (QED) is 0.789. The summed E-state index contributed by atoms with van der Waals surface area (Å²) < 4.78 is 0. The van der Waals surface area contributed by atoms with Gasteiger partial charge in [0.15, 0.2) is 0 Å². The lowest BCUT2D eigenvalue weighted by molar-refractivity contribution is 0.588. The summed E-state index contributed by atoms with van der Waals surface area (Å²) in [6, 6.07) is 8.42. The number of hydrogen-bond acceptors (Lipinski definition) is 4. The highest BCUT2D eigenvalue weighted by Crippen LogP contribution is 2.29. The average Bonchev–Trinajstić information content (AvgIpc) is 2.38. The molecule has 1 aliphatic rings. The van der Waals surface area contributed by atoms with Gasteiger partial charge in [-0.1, -0.05) is 6.07 Å². The van der Waals surface area contributed by atoms with E-state index in [9.17, 15) is 5.26 Å². The van der Waals surface area contributed by atoms with Crippen LogP contribution in [0.3, 0.4) is 0 Å². The van der Waals surface area contributed by atoms with Crippen molar-refractivity contribution in [1.29, 1.82) is 5.26 Å². The van der Waals surface area contributed by atoms with E-state index in [-0.39, 0.29) is 0 Å². The molecule has 1 N–H and O–H groups in total. The Morgan fingerprint density at radius 1 is 1.38 bits per heavy atom. The minimum Gasteiger partial charge on any atom is -0.368 e. The highest BCUT2D eigenvalue weighted by atomic mass is 32.2. The Morgan fingerprint density at radius 2 is 2.12 bits per heavy atom. The summed E-state index contributed by atoms with van der Waals surface area (Å²) in [5.74, 6) is 0. The van der Waals surface area contributed by atoms with Gasteiger partial charge in [0.25, 0.3) is 0 Å². The summed E-state index contributed by atoms with van der Waals surface area (Å²) in [5.41, 5.74) is 1.90. The van der Waals surface area contributed by atoms with Gasteiger partial charge in [-0.2, -0.15) is 5.26 Å². The Morgan fingerprint density at radius 3 is 2.75 bits per heavy atom. The maximum Gasteiger partial charge on any atom is 0.103 e. The molecule has 0 saturated carbocycles. The normalized spacial score (nSPS) is 15.9. The van der Waals surface area contributed by atoms with Gasteiger partial charge in [-0.3, -0.25) is 0 Å². The van der Waals surface area contributed by atoms with E-state index in [1.54, 1.807) is 11.8 Å². The van der Waals surface area contributed by atoms with Crippen molar-refractivity contribution in [3.05, 3.63) is 23.8 Å². The van der Waals surface area contributed by atoms with E-state index in [0.717, 1.165) is 42.3 Å². The molecule has 3 nitrogen and oxygen atoms in total. The molecule has 0 radical (unpaired) electrons. The van der Waals surface area contributed by atoms with Gasteiger partial charge in [0.2, 0.25) is 0 Å². The molecule has 1 aromatic rings. The van der Waals surface area contributed by atoms with Crippen LogP contribution in [0.1, 0.15) is 5.56 Å². The Labute approximate surface area is 100 Å². The van der Waals surface area contributed by atoms with E-state index in [0.29, 0.717) is 0 Å². The van der Waals surface area contributed by atoms with Crippen LogP contribution in [0.5, 0.6) is 0 Å². The molecule has 16 heavy (non-hydrogen) atoms. The first-order valence-corrected chi connectivity index (χ1v) is 6.62. The van der Waals surface area contributed by atoms with Crippen LogP contribution < -0.4 is 10.2 Å². The molecule has 1 aliphatic heterocycles. The highest BCUT2D eigenvalue weighted by Gasteiger charge is 2.15. The van der Waals surface area contributed by atoms with Crippen LogP contribution >= 0.6 is 11.8 Å². The van der Waals surface area contributed by atoms with Crippen molar-refractivity contribution in [2.24, 2.45) is 0 Å². The van der Waals surface area contributed by atoms with Crippen molar-refractivity contribution in [3.63, 3.8) is 0 Å². The lowest BCUT2D eigenvalue weighted by Gasteiger charge is -2.30. The van der Waals surface area contributed by atoms with Crippen molar-refractivity contribution < 1.29 is 0 Å². The van der Waals surface area contributed by atoms with E-state index in [1.807, 2.05) is 24.5 Å². The molecule has 0 aromatic heterocycles. The molecule has 0 atom stereocenters. The van der Waals surface area contributed by atoms with Crippen LogP contribution in [0.4, 0.5) is 5.69 Å². The molecular formula is C12H15N3S. The minimum absolute atomic E-state index is 0.817. The zero-order chi connectivity index (χ0) is 11.4. The van der Waals surface area contributed by atoms with Gasteiger partial charge < -0.3 is 10.2 Å². The fourth-order valence-corrected chi connectivity index (χ4v) is 2.54. The summed E-state index contributed by atoms with van der Waals surface area (Å²) in [6.45, 7) is 3.95. The third kappa shape index (κ3) is 2.16. The van der Waals surface area contributed by atoms with Gasteiger partial charge >= 0.3 is 0 Å². The number of nitrogens with zero attached hydrogens (tertiary/aromatic N) is 2. The summed E-state index contributed by atoms with van der Waals surface area (Å²) in [5, 5.41) is 12.6. The van der Waals surface area contributed by atoms with Gasteiger partial charge in [0.1, 0.15) is 6.07 Å². The summed E-state index contributed by atoms with van der Waals surface area (Å²) in [4.78, 5) is 3.35. The first-order chi connectivity index (χ1) is 7.86. The topological polar surface area (TPSA) is 39.1 Å². The second-order valence-corrected chi connectivity index (χ2v) is 4.55. The molecule has 4 heteroatoms.